The van der Waals surface area contributed by atoms with Crippen molar-refractivity contribution in [1.29, 1.82) is 0 Å². The lowest BCUT2D eigenvalue weighted by Gasteiger charge is -2.31. The van der Waals surface area contributed by atoms with Crippen LogP contribution in [0.4, 0.5) is 0 Å². The van der Waals surface area contributed by atoms with Crippen molar-refractivity contribution in [2.75, 3.05) is 6.61 Å². The van der Waals surface area contributed by atoms with Gasteiger partial charge in [-0.1, -0.05) is 97.1 Å². The van der Waals surface area contributed by atoms with E-state index in [1.807, 2.05) is 85.1 Å². The van der Waals surface area contributed by atoms with E-state index in [0.717, 1.165) is 23.5 Å². The summed E-state index contributed by atoms with van der Waals surface area (Å²) in [5.41, 5.74) is 7.24. The number of amides is 1. The van der Waals surface area contributed by atoms with Crippen LogP contribution in [0.15, 0.2) is 109 Å². The van der Waals surface area contributed by atoms with E-state index < -0.39 is 11.5 Å². The van der Waals surface area contributed by atoms with Crippen LogP contribution in [0, 0.1) is 6.92 Å². The van der Waals surface area contributed by atoms with Gasteiger partial charge in [0.15, 0.2) is 5.60 Å². The summed E-state index contributed by atoms with van der Waals surface area (Å²) >= 11 is 0. The average molecular weight is 532 g/mol. The molecule has 0 unspecified atom stereocenters. The Morgan fingerprint density at radius 2 is 1.49 bits per heavy atom. The Labute approximate surface area is 217 Å². The predicted molar refractivity (Wildman–Crippen MR) is 134 cm³/mol. The highest BCUT2D eigenvalue weighted by Crippen LogP contribution is 2.33. The van der Waals surface area contributed by atoms with E-state index in [9.17, 15) is 4.79 Å². The molecule has 4 rings (SSSR count). The Kier molecular flexibility index (Phi) is 9.18. The van der Waals surface area contributed by atoms with Gasteiger partial charge in [0.05, 0.1) is 6.61 Å². The monoisotopic (exact) mass is 531 g/mol. The van der Waals surface area contributed by atoms with Crippen LogP contribution in [-0.4, -0.2) is 17.1 Å². The lowest BCUT2D eigenvalue weighted by Crippen LogP contribution is -3.00. The van der Waals surface area contributed by atoms with Crippen molar-refractivity contribution in [2.45, 2.75) is 25.6 Å². The number of hydrogen-bond donors (Lipinski definition) is 1. The Bertz CT molecular complexity index is 1200. The summed E-state index contributed by atoms with van der Waals surface area (Å²) in [5, 5.41) is 0. The first-order valence-corrected chi connectivity index (χ1v) is 11.4. The van der Waals surface area contributed by atoms with Crippen LogP contribution >= 0.6 is 0 Å². The number of allylic oxidation sites excluding steroid dienone is 1. The van der Waals surface area contributed by atoms with Gasteiger partial charge in [-0.2, -0.15) is 0 Å². The summed E-state index contributed by atoms with van der Waals surface area (Å²) in [6, 6.07) is 29.2. The minimum Gasteiger partial charge on any atom is -1.00 e. The first-order chi connectivity index (χ1) is 16.6. The highest BCUT2D eigenvalue weighted by Gasteiger charge is 2.41. The van der Waals surface area contributed by atoms with Crippen molar-refractivity contribution in [2.24, 2.45) is 5.73 Å². The van der Waals surface area contributed by atoms with Crippen molar-refractivity contribution in [1.82, 2.24) is 4.57 Å². The maximum absolute atomic E-state index is 12.8. The van der Waals surface area contributed by atoms with Gasteiger partial charge in [-0.15, -0.1) is 0 Å². The zero-order chi connectivity index (χ0) is 23.8. The summed E-state index contributed by atoms with van der Waals surface area (Å²) in [5.74, 6) is 0.570. The number of aromatic nitrogens is 2. The molecule has 0 atom stereocenters. The molecule has 0 aliphatic rings. The van der Waals surface area contributed by atoms with Crippen LogP contribution in [0.25, 0.3) is 6.08 Å². The maximum atomic E-state index is 12.8. The van der Waals surface area contributed by atoms with Crippen LogP contribution in [-0.2, 0) is 28.2 Å². The van der Waals surface area contributed by atoms with Crippen LogP contribution in [0.3, 0.4) is 0 Å². The highest BCUT2D eigenvalue weighted by atomic mass is 79.9. The molecular formula is C29H30BrN3O2. The molecule has 0 spiro atoms. The summed E-state index contributed by atoms with van der Waals surface area (Å²) in [6.45, 7) is 3.76. The second kappa shape index (κ2) is 12.3. The van der Waals surface area contributed by atoms with E-state index in [1.54, 1.807) is 0 Å². The number of rotatable bonds is 10. The fraction of sp³-hybridized carbons (Fsp3) is 0.172. The average Bonchev–Trinajstić information content (AvgIpc) is 3.22. The molecule has 35 heavy (non-hydrogen) atoms. The standard InChI is InChI=1S/C29H29N3O2.BrH/c1-24-31(19-11-14-25-12-5-2-6-13-25)20-21-32(24)22-23-34-29(28(30)33,26-15-7-3-8-16-26)27-17-9-4-10-18-27;/h2-18,20-21H,19,22-23H2,1H3,(H-,30,33);1H/b14-11+;. The third-order valence-corrected chi connectivity index (χ3v) is 6.03. The number of benzene rings is 3. The Morgan fingerprint density at radius 1 is 0.943 bits per heavy atom. The van der Waals surface area contributed by atoms with Crippen molar-refractivity contribution >= 4 is 12.0 Å². The SMILES string of the molecule is Cc1n(CCOC(C(N)=O)(c2ccccc2)c2ccccc2)cc[n+]1C/C=C/c1ccccc1.[Br-]. The maximum Gasteiger partial charge on any atom is 0.259 e. The van der Waals surface area contributed by atoms with Gasteiger partial charge in [0.1, 0.15) is 25.5 Å². The van der Waals surface area contributed by atoms with Gasteiger partial charge in [0, 0.05) is 6.92 Å². The number of primary amides is 1. The smallest absolute Gasteiger partial charge is 0.259 e. The van der Waals surface area contributed by atoms with Crippen molar-refractivity contribution in [3.8, 4) is 0 Å². The lowest BCUT2D eigenvalue weighted by molar-refractivity contribution is -0.692. The molecule has 1 heterocycles. The van der Waals surface area contributed by atoms with Gasteiger partial charge in [-0.05, 0) is 22.8 Å². The normalized spacial score (nSPS) is 11.3. The molecule has 0 bridgehead atoms. The second-order valence-corrected chi connectivity index (χ2v) is 8.13. The molecule has 1 amide bonds. The number of nitrogens with two attached hydrogens (primary N) is 1. The molecule has 0 saturated heterocycles. The molecule has 0 fully saturated rings. The molecule has 0 radical (unpaired) electrons. The molecule has 5 nitrogen and oxygen atoms in total. The van der Waals surface area contributed by atoms with E-state index in [2.05, 4.69) is 46.5 Å². The summed E-state index contributed by atoms with van der Waals surface area (Å²) < 4.78 is 10.7. The number of nitrogens with zero attached hydrogens (tertiary/aromatic N) is 2. The highest BCUT2D eigenvalue weighted by molar-refractivity contribution is 5.89. The quantitative estimate of drug-likeness (QED) is 0.313. The molecule has 0 saturated carbocycles. The second-order valence-electron chi connectivity index (χ2n) is 8.13. The van der Waals surface area contributed by atoms with Gasteiger partial charge in [0.2, 0.25) is 0 Å². The third-order valence-electron chi connectivity index (χ3n) is 6.03. The van der Waals surface area contributed by atoms with Gasteiger partial charge < -0.3 is 27.5 Å². The Hall–Kier alpha value is -3.48. The molecule has 180 valence electrons. The summed E-state index contributed by atoms with van der Waals surface area (Å²) in [7, 11) is 0. The molecule has 4 aromatic rings. The van der Waals surface area contributed by atoms with E-state index >= 15 is 0 Å². The van der Waals surface area contributed by atoms with Crippen molar-refractivity contribution in [3.63, 3.8) is 0 Å². The number of carbonyl (C=O) groups excluding carboxylic acids is 1. The molecule has 6 heteroatoms. The van der Waals surface area contributed by atoms with Crippen LogP contribution in [0.2, 0.25) is 0 Å². The molecule has 1 aromatic heterocycles. The molecular weight excluding hydrogens is 502 g/mol. The zero-order valence-electron chi connectivity index (χ0n) is 19.8. The number of hydrogen-bond acceptors (Lipinski definition) is 2. The first-order valence-electron chi connectivity index (χ1n) is 11.4. The largest absolute Gasteiger partial charge is 1.00 e. The van der Waals surface area contributed by atoms with Gasteiger partial charge in [-0.3, -0.25) is 4.79 Å². The van der Waals surface area contributed by atoms with E-state index in [4.69, 9.17) is 10.5 Å². The van der Waals surface area contributed by atoms with Gasteiger partial charge in [-0.25, -0.2) is 9.13 Å². The Balaban J connectivity index is 0.00000342. The minimum absolute atomic E-state index is 0. The zero-order valence-corrected chi connectivity index (χ0v) is 21.3. The number of halogens is 1. The molecule has 0 aliphatic carbocycles. The molecule has 2 N–H and O–H groups in total. The fourth-order valence-corrected chi connectivity index (χ4v) is 4.17. The van der Waals surface area contributed by atoms with E-state index in [0.29, 0.717) is 13.2 Å². The summed E-state index contributed by atoms with van der Waals surface area (Å²) in [4.78, 5) is 12.8. The summed E-state index contributed by atoms with van der Waals surface area (Å²) in [6.07, 6.45) is 8.35. The lowest BCUT2D eigenvalue weighted by atomic mass is 9.85. The number of imidazole rings is 1. The van der Waals surface area contributed by atoms with Gasteiger partial charge >= 0.3 is 0 Å². The molecule has 0 aliphatic heterocycles. The number of ether oxygens (including phenoxy) is 1. The topological polar surface area (TPSA) is 61.1 Å². The van der Waals surface area contributed by atoms with Crippen molar-refractivity contribution < 1.29 is 31.1 Å². The van der Waals surface area contributed by atoms with Crippen LogP contribution in [0.1, 0.15) is 22.5 Å². The first kappa shape index (κ1) is 26.1. The Morgan fingerprint density at radius 3 is 2.03 bits per heavy atom. The van der Waals surface area contributed by atoms with Crippen LogP contribution in [0.5, 0.6) is 0 Å². The van der Waals surface area contributed by atoms with Crippen LogP contribution < -0.4 is 27.3 Å². The molecule has 3 aromatic carbocycles. The predicted octanol–water partition coefficient (Wildman–Crippen LogP) is 1.25. The van der Waals surface area contributed by atoms with Crippen molar-refractivity contribution in [3.05, 3.63) is 132 Å². The third kappa shape index (κ3) is 5.96. The number of carbonyl (C=O) groups is 1. The van der Waals surface area contributed by atoms with E-state index in [1.165, 1.54) is 5.56 Å². The van der Waals surface area contributed by atoms with Gasteiger partial charge in [0.25, 0.3) is 11.7 Å². The minimum atomic E-state index is -1.35. The van der Waals surface area contributed by atoms with E-state index in [-0.39, 0.29) is 17.0 Å². The fourth-order valence-electron chi connectivity index (χ4n) is 4.17.